The molecule has 28 heavy (non-hydrogen) atoms. The number of ether oxygens (including phenoxy) is 2. The van der Waals surface area contributed by atoms with Gasteiger partial charge in [0.15, 0.2) is 5.92 Å². The Morgan fingerprint density at radius 3 is 2.50 bits per heavy atom. The number of esters is 1. The Morgan fingerprint density at radius 1 is 1.25 bits per heavy atom. The number of rotatable bonds is 5. The van der Waals surface area contributed by atoms with E-state index in [1.165, 1.54) is 0 Å². The smallest absolute Gasteiger partial charge is 0.321 e. The van der Waals surface area contributed by atoms with Gasteiger partial charge in [-0.1, -0.05) is 12.1 Å². The highest BCUT2D eigenvalue weighted by atomic mass is 16.5. The molecule has 1 saturated heterocycles. The molecule has 2 heterocycles. The monoisotopic (exact) mass is 388 g/mol. The molecule has 2 atom stereocenters. The van der Waals surface area contributed by atoms with Crippen molar-refractivity contribution in [3.8, 4) is 5.75 Å². The first-order valence-corrected chi connectivity index (χ1v) is 9.21. The molecule has 0 saturated carbocycles. The standard InChI is InChI=1S/C19H24N4O5/c1-3-28-18(26)15-16(13-4-6-14(27-2)7-5-13)20-19(21-17(15)25)23-10-8-22(12-24)9-11-23/h4-7,12,15-16H,3,8-11H2,1-2H3,(H,20,21,25)/t15-,16+/m0/s1. The summed E-state index contributed by atoms with van der Waals surface area (Å²) in [4.78, 5) is 44.4. The molecule has 1 aromatic carbocycles. The van der Waals surface area contributed by atoms with Crippen LogP contribution >= 0.6 is 0 Å². The van der Waals surface area contributed by atoms with Gasteiger partial charge in [-0.25, -0.2) is 4.99 Å². The van der Waals surface area contributed by atoms with Gasteiger partial charge < -0.3 is 19.3 Å². The van der Waals surface area contributed by atoms with Crippen molar-refractivity contribution < 1.29 is 23.9 Å². The van der Waals surface area contributed by atoms with E-state index in [2.05, 4.69) is 10.3 Å². The number of piperazine rings is 1. The van der Waals surface area contributed by atoms with Crippen LogP contribution in [0, 0.1) is 5.92 Å². The summed E-state index contributed by atoms with van der Waals surface area (Å²) < 4.78 is 10.3. The van der Waals surface area contributed by atoms with Crippen LogP contribution < -0.4 is 10.1 Å². The lowest BCUT2D eigenvalue weighted by molar-refractivity contribution is -0.153. The summed E-state index contributed by atoms with van der Waals surface area (Å²) >= 11 is 0. The van der Waals surface area contributed by atoms with Gasteiger partial charge in [-0.2, -0.15) is 0 Å². The molecule has 9 heteroatoms. The maximum Gasteiger partial charge on any atom is 0.321 e. The fourth-order valence-electron chi connectivity index (χ4n) is 3.31. The van der Waals surface area contributed by atoms with Gasteiger partial charge in [0.05, 0.1) is 13.7 Å². The van der Waals surface area contributed by atoms with Crippen LogP contribution in [0.2, 0.25) is 0 Å². The minimum Gasteiger partial charge on any atom is -0.497 e. The number of aliphatic imine (C=N–C) groups is 1. The third kappa shape index (κ3) is 4.08. The fraction of sp³-hybridized carbons (Fsp3) is 0.474. The second kappa shape index (κ2) is 8.73. The zero-order valence-corrected chi connectivity index (χ0v) is 16.0. The minimum absolute atomic E-state index is 0.183. The number of hydrogen-bond acceptors (Lipinski definition) is 7. The van der Waals surface area contributed by atoms with E-state index in [0.29, 0.717) is 37.9 Å². The molecule has 150 valence electrons. The van der Waals surface area contributed by atoms with Gasteiger partial charge in [-0.05, 0) is 24.6 Å². The van der Waals surface area contributed by atoms with Crippen molar-refractivity contribution in [2.45, 2.75) is 13.0 Å². The number of guanidine groups is 1. The summed E-state index contributed by atoms with van der Waals surface area (Å²) in [5, 5.41) is 2.74. The van der Waals surface area contributed by atoms with Crippen molar-refractivity contribution in [2.75, 3.05) is 39.9 Å². The Bertz CT molecular complexity index is 756. The van der Waals surface area contributed by atoms with Gasteiger partial charge >= 0.3 is 5.97 Å². The molecule has 1 aromatic rings. The van der Waals surface area contributed by atoms with E-state index in [1.807, 2.05) is 4.90 Å². The molecule has 0 radical (unpaired) electrons. The minimum atomic E-state index is -1.06. The number of benzene rings is 1. The molecule has 2 aliphatic heterocycles. The van der Waals surface area contributed by atoms with E-state index in [1.54, 1.807) is 43.2 Å². The Hall–Kier alpha value is -3.10. The lowest BCUT2D eigenvalue weighted by Crippen LogP contribution is -2.57. The highest BCUT2D eigenvalue weighted by Crippen LogP contribution is 2.32. The SMILES string of the molecule is CCOC(=O)[C@@H]1C(=O)NC(N2CCN(C=O)CC2)=N[C@@H]1c1ccc(OC)cc1. The summed E-state index contributed by atoms with van der Waals surface area (Å²) in [7, 11) is 1.57. The Balaban J connectivity index is 1.91. The third-order valence-corrected chi connectivity index (χ3v) is 4.86. The Kier molecular flexibility index (Phi) is 6.13. The second-order valence-corrected chi connectivity index (χ2v) is 6.52. The van der Waals surface area contributed by atoms with Crippen LogP contribution in [0.4, 0.5) is 0 Å². The molecule has 0 aliphatic carbocycles. The largest absolute Gasteiger partial charge is 0.497 e. The van der Waals surface area contributed by atoms with Crippen LogP contribution in [0.3, 0.4) is 0 Å². The number of carbonyl (C=O) groups excluding carboxylic acids is 3. The lowest BCUT2D eigenvalue weighted by atomic mass is 9.91. The number of nitrogens with zero attached hydrogens (tertiary/aromatic N) is 3. The molecule has 1 fully saturated rings. The van der Waals surface area contributed by atoms with Gasteiger partial charge in [0, 0.05) is 26.2 Å². The highest BCUT2D eigenvalue weighted by Gasteiger charge is 2.42. The molecular formula is C19H24N4O5. The molecule has 0 aromatic heterocycles. The predicted octanol–water partition coefficient (Wildman–Crippen LogP) is 0.175. The van der Waals surface area contributed by atoms with Gasteiger partial charge in [-0.15, -0.1) is 0 Å². The third-order valence-electron chi connectivity index (χ3n) is 4.86. The number of nitrogens with one attached hydrogen (secondary N) is 1. The first-order chi connectivity index (χ1) is 13.6. The lowest BCUT2D eigenvalue weighted by Gasteiger charge is -2.37. The topological polar surface area (TPSA) is 101 Å². The van der Waals surface area contributed by atoms with E-state index < -0.39 is 23.8 Å². The molecule has 9 nitrogen and oxygen atoms in total. The van der Waals surface area contributed by atoms with E-state index >= 15 is 0 Å². The molecule has 0 unspecified atom stereocenters. The van der Waals surface area contributed by atoms with Crippen LogP contribution in [0.25, 0.3) is 0 Å². The fourth-order valence-corrected chi connectivity index (χ4v) is 3.31. The van der Waals surface area contributed by atoms with Gasteiger partial charge in [0.2, 0.25) is 18.3 Å². The highest BCUT2D eigenvalue weighted by molar-refractivity contribution is 6.08. The zero-order chi connectivity index (χ0) is 20.1. The predicted molar refractivity (Wildman–Crippen MR) is 101 cm³/mol. The van der Waals surface area contributed by atoms with Gasteiger partial charge in [-0.3, -0.25) is 19.7 Å². The van der Waals surface area contributed by atoms with Crippen molar-refractivity contribution in [3.05, 3.63) is 29.8 Å². The van der Waals surface area contributed by atoms with E-state index in [9.17, 15) is 14.4 Å². The zero-order valence-electron chi connectivity index (χ0n) is 16.0. The summed E-state index contributed by atoms with van der Waals surface area (Å²) in [6.07, 6.45) is 0.815. The van der Waals surface area contributed by atoms with Crippen LogP contribution in [0.5, 0.6) is 5.75 Å². The second-order valence-electron chi connectivity index (χ2n) is 6.52. The average molecular weight is 388 g/mol. The van der Waals surface area contributed by atoms with Crippen LogP contribution in [0.1, 0.15) is 18.5 Å². The average Bonchev–Trinajstić information content (AvgIpc) is 2.73. The maximum absolute atomic E-state index is 12.8. The molecule has 2 aliphatic rings. The van der Waals surface area contributed by atoms with Crippen LogP contribution in [-0.2, 0) is 19.1 Å². The maximum atomic E-state index is 12.8. The summed E-state index contributed by atoms with van der Waals surface area (Å²) in [5.74, 6) is -1.02. The summed E-state index contributed by atoms with van der Waals surface area (Å²) in [6, 6.07) is 6.42. The van der Waals surface area contributed by atoms with Crippen molar-refractivity contribution in [3.63, 3.8) is 0 Å². The van der Waals surface area contributed by atoms with Crippen molar-refractivity contribution >= 4 is 24.2 Å². The molecule has 3 rings (SSSR count). The van der Waals surface area contributed by atoms with E-state index in [4.69, 9.17) is 9.47 Å². The number of amides is 2. The first-order valence-electron chi connectivity index (χ1n) is 9.21. The normalized spacial score (nSPS) is 22.2. The number of carbonyl (C=O) groups is 3. The summed E-state index contributed by atoms with van der Waals surface area (Å²) in [5.41, 5.74) is 0.720. The Morgan fingerprint density at radius 2 is 1.93 bits per heavy atom. The number of methoxy groups -OCH3 is 1. The summed E-state index contributed by atoms with van der Waals surface area (Å²) in [6.45, 7) is 4.08. The molecule has 1 N–H and O–H groups in total. The van der Waals surface area contributed by atoms with Gasteiger partial charge in [0.1, 0.15) is 11.8 Å². The van der Waals surface area contributed by atoms with E-state index in [0.717, 1.165) is 12.0 Å². The molecule has 2 amide bonds. The van der Waals surface area contributed by atoms with Crippen molar-refractivity contribution in [1.82, 2.24) is 15.1 Å². The molecule has 0 bridgehead atoms. The first kappa shape index (κ1) is 19.7. The van der Waals surface area contributed by atoms with Gasteiger partial charge in [0.25, 0.3) is 0 Å². The van der Waals surface area contributed by atoms with Crippen molar-refractivity contribution in [1.29, 1.82) is 0 Å². The van der Waals surface area contributed by atoms with E-state index in [-0.39, 0.29) is 6.61 Å². The quantitative estimate of drug-likeness (QED) is 0.439. The van der Waals surface area contributed by atoms with Crippen LogP contribution in [0.15, 0.2) is 29.3 Å². The Labute approximate surface area is 163 Å². The van der Waals surface area contributed by atoms with Crippen LogP contribution in [-0.4, -0.2) is 73.9 Å². The number of hydrogen-bond donors (Lipinski definition) is 1. The van der Waals surface area contributed by atoms with Crippen molar-refractivity contribution in [2.24, 2.45) is 10.9 Å². The molecular weight excluding hydrogens is 364 g/mol. The molecule has 0 spiro atoms.